The maximum Gasteiger partial charge on any atom is 0.311 e. The van der Waals surface area contributed by atoms with E-state index in [-0.39, 0.29) is 11.4 Å². The van der Waals surface area contributed by atoms with Crippen molar-refractivity contribution in [3.05, 3.63) is 58.7 Å². The predicted octanol–water partition coefficient (Wildman–Crippen LogP) is 2.41. The van der Waals surface area contributed by atoms with E-state index in [0.717, 1.165) is 16.8 Å². The highest BCUT2D eigenvalue weighted by Crippen LogP contribution is 2.28. The number of hydrogen-bond acceptors (Lipinski definition) is 7. The number of benzene rings is 1. The van der Waals surface area contributed by atoms with Gasteiger partial charge in [0.15, 0.2) is 11.6 Å². The highest BCUT2D eigenvalue weighted by molar-refractivity contribution is 5.60. The van der Waals surface area contributed by atoms with Gasteiger partial charge in [-0.2, -0.15) is 0 Å². The third-order valence-electron chi connectivity index (χ3n) is 3.64. The Morgan fingerprint density at radius 2 is 2.16 bits per heavy atom. The monoisotopic (exact) mass is 340 g/mol. The molecular formula is C16H16N6O3. The summed E-state index contributed by atoms with van der Waals surface area (Å²) in [4.78, 5) is 14.8. The van der Waals surface area contributed by atoms with Crippen LogP contribution in [0.1, 0.15) is 5.56 Å². The van der Waals surface area contributed by atoms with Crippen LogP contribution in [0, 0.1) is 10.1 Å². The average molecular weight is 340 g/mol. The minimum absolute atomic E-state index is 0.0623. The van der Waals surface area contributed by atoms with E-state index < -0.39 is 4.92 Å². The molecule has 2 aromatic heterocycles. The molecule has 2 heterocycles. The minimum atomic E-state index is -0.460. The summed E-state index contributed by atoms with van der Waals surface area (Å²) in [7, 11) is 3.26. The molecule has 9 heteroatoms. The highest BCUT2D eigenvalue weighted by atomic mass is 16.6. The second-order valence-corrected chi connectivity index (χ2v) is 5.34. The van der Waals surface area contributed by atoms with Crippen LogP contribution < -0.4 is 10.1 Å². The molecule has 25 heavy (non-hydrogen) atoms. The van der Waals surface area contributed by atoms with Crippen LogP contribution in [0.2, 0.25) is 0 Å². The number of nitro groups is 1. The van der Waals surface area contributed by atoms with Gasteiger partial charge in [-0.3, -0.25) is 15.1 Å². The lowest BCUT2D eigenvalue weighted by atomic mass is 10.1. The summed E-state index contributed by atoms with van der Waals surface area (Å²) in [6.07, 6.45) is 5.00. The van der Waals surface area contributed by atoms with Crippen molar-refractivity contribution >= 4 is 11.4 Å². The van der Waals surface area contributed by atoms with Gasteiger partial charge in [0.1, 0.15) is 6.33 Å². The second-order valence-electron chi connectivity index (χ2n) is 5.34. The topological polar surface area (TPSA) is 108 Å². The quantitative estimate of drug-likeness (QED) is 0.542. The summed E-state index contributed by atoms with van der Waals surface area (Å²) in [6, 6.07) is 6.75. The van der Waals surface area contributed by atoms with Crippen molar-refractivity contribution in [1.82, 2.24) is 19.7 Å². The van der Waals surface area contributed by atoms with Gasteiger partial charge in [0, 0.05) is 37.6 Å². The number of nitrogens with zero attached hydrogens (tertiary/aromatic N) is 5. The molecule has 0 saturated heterocycles. The number of rotatable bonds is 6. The van der Waals surface area contributed by atoms with Gasteiger partial charge < -0.3 is 14.6 Å². The fourth-order valence-corrected chi connectivity index (χ4v) is 2.40. The Morgan fingerprint density at radius 3 is 2.84 bits per heavy atom. The van der Waals surface area contributed by atoms with Gasteiger partial charge in [-0.1, -0.05) is 6.07 Å². The first-order chi connectivity index (χ1) is 12.1. The van der Waals surface area contributed by atoms with Crippen LogP contribution in [0.5, 0.6) is 5.75 Å². The molecule has 0 bridgehead atoms. The molecule has 1 N–H and O–H groups in total. The molecule has 0 aliphatic heterocycles. The number of nitrogens with one attached hydrogen (secondary N) is 1. The molecule has 0 aliphatic carbocycles. The van der Waals surface area contributed by atoms with Crippen molar-refractivity contribution in [2.45, 2.75) is 6.54 Å². The number of aromatic nitrogens is 4. The number of methoxy groups -OCH3 is 1. The van der Waals surface area contributed by atoms with Crippen molar-refractivity contribution in [2.24, 2.45) is 7.05 Å². The van der Waals surface area contributed by atoms with Gasteiger partial charge in [0.05, 0.1) is 17.7 Å². The number of nitro benzene ring substituents is 1. The number of anilines is 1. The summed E-state index contributed by atoms with van der Waals surface area (Å²) in [5.74, 6) is 0.941. The first-order valence-electron chi connectivity index (χ1n) is 7.43. The Kier molecular flexibility index (Phi) is 4.55. The van der Waals surface area contributed by atoms with Crippen molar-refractivity contribution < 1.29 is 9.66 Å². The third kappa shape index (κ3) is 3.55. The van der Waals surface area contributed by atoms with Crippen LogP contribution >= 0.6 is 0 Å². The zero-order valence-corrected chi connectivity index (χ0v) is 13.7. The molecule has 0 radical (unpaired) electrons. The van der Waals surface area contributed by atoms with E-state index in [4.69, 9.17) is 4.74 Å². The number of pyridine rings is 1. The van der Waals surface area contributed by atoms with Crippen LogP contribution in [0.3, 0.4) is 0 Å². The van der Waals surface area contributed by atoms with Crippen LogP contribution in [0.4, 0.5) is 11.4 Å². The van der Waals surface area contributed by atoms with Gasteiger partial charge in [-0.25, -0.2) is 0 Å². The molecular weight excluding hydrogens is 324 g/mol. The van der Waals surface area contributed by atoms with Crippen molar-refractivity contribution in [2.75, 3.05) is 12.4 Å². The lowest BCUT2D eigenvalue weighted by molar-refractivity contribution is -0.385. The maximum absolute atomic E-state index is 11.1. The molecule has 0 unspecified atom stereocenters. The summed E-state index contributed by atoms with van der Waals surface area (Å²) in [5, 5.41) is 22.2. The zero-order valence-electron chi connectivity index (χ0n) is 13.7. The van der Waals surface area contributed by atoms with E-state index in [9.17, 15) is 10.1 Å². The lowest BCUT2D eigenvalue weighted by Gasteiger charge is -2.09. The second kappa shape index (κ2) is 6.95. The zero-order chi connectivity index (χ0) is 17.8. The minimum Gasteiger partial charge on any atom is -0.490 e. The molecule has 3 aromatic rings. The smallest absolute Gasteiger partial charge is 0.311 e. The van der Waals surface area contributed by atoms with E-state index in [1.165, 1.54) is 13.2 Å². The van der Waals surface area contributed by atoms with Crippen LogP contribution in [0.25, 0.3) is 11.4 Å². The molecule has 128 valence electrons. The molecule has 3 rings (SSSR count). The fraction of sp³-hybridized carbons (Fsp3) is 0.188. The first kappa shape index (κ1) is 16.4. The van der Waals surface area contributed by atoms with Gasteiger partial charge in [0.2, 0.25) is 0 Å². The van der Waals surface area contributed by atoms with Gasteiger partial charge >= 0.3 is 5.69 Å². The van der Waals surface area contributed by atoms with Gasteiger partial charge in [-0.15, -0.1) is 10.2 Å². The van der Waals surface area contributed by atoms with E-state index >= 15 is 0 Å². The largest absolute Gasteiger partial charge is 0.490 e. The molecule has 0 saturated carbocycles. The predicted molar refractivity (Wildman–Crippen MR) is 91.2 cm³/mol. The van der Waals surface area contributed by atoms with Crippen LogP contribution in [-0.4, -0.2) is 31.8 Å². The number of hydrogen-bond donors (Lipinski definition) is 1. The third-order valence-corrected chi connectivity index (χ3v) is 3.64. The Hall–Kier alpha value is -3.49. The molecule has 0 amide bonds. The summed E-state index contributed by atoms with van der Waals surface area (Å²) >= 11 is 0. The average Bonchev–Trinajstić information content (AvgIpc) is 3.06. The number of ether oxygens (including phenoxy) is 1. The molecule has 0 atom stereocenters. The standard InChI is InChI=1S/C16H16N6O3/c1-21-10-19-20-16(21)12-6-13(9-17-8-12)18-7-11-3-4-15(25-2)14(5-11)22(23)24/h3-6,8-10,18H,7H2,1-2H3. The Morgan fingerprint density at radius 1 is 1.32 bits per heavy atom. The Balaban J connectivity index is 1.77. The molecule has 0 fully saturated rings. The maximum atomic E-state index is 11.1. The van der Waals surface area contributed by atoms with Crippen molar-refractivity contribution in [3.8, 4) is 17.1 Å². The van der Waals surface area contributed by atoms with E-state index in [1.807, 2.05) is 13.1 Å². The lowest BCUT2D eigenvalue weighted by Crippen LogP contribution is -2.02. The van der Waals surface area contributed by atoms with E-state index in [2.05, 4.69) is 20.5 Å². The van der Waals surface area contributed by atoms with Crippen LogP contribution in [0.15, 0.2) is 43.0 Å². The summed E-state index contributed by atoms with van der Waals surface area (Å²) < 4.78 is 6.80. The first-order valence-corrected chi connectivity index (χ1v) is 7.43. The Labute approximate surface area is 143 Å². The van der Waals surface area contributed by atoms with Gasteiger partial charge in [-0.05, 0) is 17.7 Å². The van der Waals surface area contributed by atoms with E-state index in [0.29, 0.717) is 12.4 Å². The SMILES string of the molecule is COc1ccc(CNc2cncc(-c3nncn3C)c2)cc1[N+](=O)[O-]. The van der Waals surface area contributed by atoms with E-state index in [1.54, 1.807) is 35.4 Å². The fourth-order valence-electron chi connectivity index (χ4n) is 2.40. The normalized spacial score (nSPS) is 10.5. The molecule has 1 aromatic carbocycles. The summed E-state index contributed by atoms with van der Waals surface area (Å²) in [5.41, 5.74) is 2.30. The molecule has 0 aliphatic rings. The highest BCUT2D eigenvalue weighted by Gasteiger charge is 2.15. The molecule has 9 nitrogen and oxygen atoms in total. The van der Waals surface area contributed by atoms with Gasteiger partial charge in [0.25, 0.3) is 0 Å². The Bertz CT molecular complexity index is 908. The molecule has 0 spiro atoms. The summed E-state index contributed by atoms with van der Waals surface area (Å²) in [6.45, 7) is 0.411. The number of aryl methyl sites for hydroxylation is 1. The van der Waals surface area contributed by atoms with Crippen LogP contribution in [-0.2, 0) is 13.6 Å². The van der Waals surface area contributed by atoms with Crippen molar-refractivity contribution in [1.29, 1.82) is 0 Å². The van der Waals surface area contributed by atoms with Crippen molar-refractivity contribution in [3.63, 3.8) is 0 Å².